The first kappa shape index (κ1) is 9.05. The lowest BCUT2D eigenvalue weighted by Crippen LogP contribution is -2.39. The molecular weight excluding hydrogens is 134 g/mol. The van der Waals surface area contributed by atoms with Crippen LogP contribution in [0.1, 0.15) is 46.0 Å². The molecule has 1 aliphatic carbocycles. The van der Waals surface area contributed by atoms with Crippen molar-refractivity contribution in [1.82, 2.24) is 5.32 Å². The fourth-order valence-corrected chi connectivity index (χ4v) is 2.11. The van der Waals surface area contributed by atoms with Crippen LogP contribution in [0.15, 0.2) is 0 Å². The van der Waals surface area contributed by atoms with Gasteiger partial charge in [0.15, 0.2) is 0 Å². The average Bonchev–Trinajstić information content (AvgIpc) is 1.95. The maximum atomic E-state index is 3.48. The Labute approximate surface area is 70.6 Å². The maximum Gasteiger partial charge on any atom is 0.000769 e. The Morgan fingerprint density at radius 1 is 1.27 bits per heavy atom. The maximum absolute atomic E-state index is 3.48. The summed E-state index contributed by atoms with van der Waals surface area (Å²) in [6.07, 6.45) is 7.18. The molecule has 0 atom stereocenters. The number of hydrogen-bond donors (Lipinski definition) is 1. The molecule has 0 aromatic carbocycles. The number of nitrogens with one attached hydrogen (secondary N) is 1. The summed E-state index contributed by atoms with van der Waals surface area (Å²) in [5.74, 6) is 0. The highest BCUT2D eigenvalue weighted by Crippen LogP contribution is 2.44. The molecule has 0 aromatic heterocycles. The van der Waals surface area contributed by atoms with Gasteiger partial charge >= 0.3 is 0 Å². The van der Waals surface area contributed by atoms with Gasteiger partial charge in [0.2, 0.25) is 0 Å². The van der Waals surface area contributed by atoms with E-state index in [2.05, 4.69) is 19.2 Å². The molecule has 0 radical (unpaired) electrons. The molecule has 1 nitrogen and oxygen atoms in total. The zero-order chi connectivity index (χ0) is 8.16. The Balaban J connectivity index is 2.22. The molecule has 1 N–H and O–H groups in total. The molecule has 1 fully saturated rings. The minimum Gasteiger partial charge on any atom is -0.316 e. The monoisotopic (exact) mass is 155 g/mol. The first-order valence-electron chi connectivity index (χ1n) is 5.04. The summed E-state index contributed by atoms with van der Waals surface area (Å²) in [6, 6.07) is 0. The molecule has 0 bridgehead atoms. The third-order valence-electron chi connectivity index (χ3n) is 2.94. The second kappa shape index (κ2) is 4.10. The molecule has 0 unspecified atom stereocenters. The van der Waals surface area contributed by atoms with Gasteiger partial charge in [0.25, 0.3) is 0 Å². The van der Waals surface area contributed by atoms with Crippen LogP contribution in [0.3, 0.4) is 0 Å². The van der Waals surface area contributed by atoms with E-state index >= 15 is 0 Å². The van der Waals surface area contributed by atoms with Crippen LogP contribution in [0.2, 0.25) is 0 Å². The van der Waals surface area contributed by atoms with Crippen molar-refractivity contribution in [3.8, 4) is 0 Å². The van der Waals surface area contributed by atoms with Crippen molar-refractivity contribution in [3.63, 3.8) is 0 Å². The minimum atomic E-state index is 0.713. The molecule has 0 heterocycles. The average molecular weight is 155 g/mol. The quantitative estimate of drug-likeness (QED) is 0.643. The Hall–Kier alpha value is -0.0400. The molecule has 0 spiro atoms. The Kier molecular flexibility index (Phi) is 3.38. The standard InChI is InChI=1S/C10H21N/c1-3-6-10(7-5-8-10)9-11-4-2/h11H,3-9H2,1-2H3. The van der Waals surface area contributed by atoms with E-state index in [0.717, 1.165) is 6.54 Å². The van der Waals surface area contributed by atoms with Gasteiger partial charge < -0.3 is 5.32 Å². The molecule has 1 aliphatic rings. The van der Waals surface area contributed by atoms with E-state index in [1.54, 1.807) is 0 Å². The zero-order valence-corrected chi connectivity index (χ0v) is 7.95. The van der Waals surface area contributed by atoms with E-state index in [0.29, 0.717) is 5.41 Å². The Bertz CT molecular complexity index is 105. The van der Waals surface area contributed by atoms with Gasteiger partial charge in [-0.05, 0) is 31.2 Å². The SMILES string of the molecule is CCCC1(CNCC)CCC1. The minimum absolute atomic E-state index is 0.713. The summed E-state index contributed by atoms with van der Waals surface area (Å²) < 4.78 is 0. The molecule has 1 heteroatoms. The molecular formula is C10H21N. The van der Waals surface area contributed by atoms with E-state index in [1.807, 2.05) is 0 Å². The first-order chi connectivity index (χ1) is 5.33. The van der Waals surface area contributed by atoms with Crippen molar-refractivity contribution in [3.05, 3.63) is 0 Å². The third kappa shape index (κ3) is 2.19. The topological polar surface area (TPSA) is 12.0 Å². The molecule has 66 valence electrons. The molecule has 11 heavy (non-hydrogen) atoms. The van der Waals surface area contributed by atoms with E-state index in [1.165, 1.54) is 38.6 Å². The Morgan fingerprint density at radius 2 is 2.00 bits per heavy atom. The molecule has 0 aromatic rings. The zero-order valence-electron chi connectivity index (χ0n) is 7.95. The van der Waals surface area contributed by atoms with E-state index in [9.17, 15) is 0 Å². The van der Waals surface area contributed by atoms with Crippen LogP contribution in [0.4, 0.5) is 0 Å². The van der Waals surface area contributed by atoms with Gasteiger partial charge in [-0.3, -0.25) is 0 Å². The summed E-state index contributed by atoms with van der Waals surface area (Å²) in [6.45, 7) is 6.88. The molecule has 1 saturated carbocycles. The second-order valence-corrected chi connectivity index (χ2v) is 3.88. The first-order valence-corrected chi connectivity index (χ1v) is 5.04. The van der Waals surface area contributed by atoms with Crippen molar-refractivity contribution in [2.24, 2.45) is 5.41 Å². The fraction of sp³-hybridized carbons (Fsp3) is 1.00. The van der Waals surface area contributed by atoms with Crippen LogP contribution in [0.5, 0.6) is 0 Å². The van der Waals surface area contributed by atoms with Crippen LogP contribution in [-0.4, -0.2) is 13.1 Å². The lowest BCUT2D eigenvalue weighted by Gasteiger charge is -2.42. The molecule has 0 amide bonds. The highest BCUT2D eigenvalue weighted by molar-refractivity contribution is 4.88. The lowest BCUT2D eigenvalue weighted by molar-refractivity contribution is 0.116. The summed E-state index contributed by atoms with van der Waals surface area (Å²) >= 11 is 0. The van der Waals surface area contributed by atoms with Crippen molar-refractivity contribution >= 4 is 0 Å². The largest absolute Gasteiger partial charge is 0.316 e. The van der Waals surface area contributed by atoms with Crippen molar-refractivity contribution in [1.29, 1.82) is 0 Å². The molecule has 0 aliphatic heterocycles. The van der Waals surface area contributed by atoms with E-state index < -0.39 is 0 Å². The van der Waals surface area contributed by atoms with Gasteiger partial charge in [0, 0.05) is 6.54 Å². The second-order valence-electron chi connectivity index (χ2n) is 3.88. The van der Waals surface area contributed by atoms with Crippen LogP contribution in [0.25, 0.3) is 0 Å². The van der Waals surface area contributed by atoms with Gasteiger partial charge in [0.05, 0.1) is 0 Å². The summed E-state index contributed by atoms with van der Waals surface area (Å²) in [4.78, 5) is 0. The van der Waals surface area contributed by atoms with Crippen LogP contribution >= 0.6 is 0 Å². The Morgan fingerprint density at radius 3 is 2.36 bits per heavy atom. The summed E-state index contributed by atoms with van der Waals surface area (Å²) in [5, 5.41) is 3.48. The van der Waals surface area contributed by atoms with Gasteiger partial charge in [0.1, 0.15) is 0 Å². The molecule has 0 saturated heterocycles. The van der Waals surface area contributed by atoms with Crippen molar-refractivity contribution in [2.45, 2.75) is 46.0 Å². The predicted molar refractivity (Wildman–Crippen MR) is 49.7 cm³/mol. The van der Waals surface area contributed by atoms with Crippen molar-refractivity contribution in [2.75, 3.05) is 13.1 Å². The predicted octanol–water partition coefficient (Wildman–Crippen LogP) is 2.57. The summed E-state index contributed by atoms with van der Waals surface area (Å²) in [5.41, 5.74) is 0.713. The highest BCUT2D eigenvalue weighted by atomic mass is 14.9. The van der Waals surface area contributed by atoms with Gasteiger partial charge in [-0.15, -0.1) is 0 Å². The number of hydrogen-bond acceptors (Lipinski definition) is 1. The fourth-order valence-electron chi connectivity index (χ4n) is 2.11. The smallest absolute Gasteiger partial charge is 0.000769 e. The van der Waals surface area contributed by atoms with Crippen LogP contribution < -0.4 is 5.32 Å². The van der Waals surface area contributed by atoms with Crippen molar-refractivity contribution < 1.29 is 0 Å². The highest BCUT2D eigenvalue weighted by Gasteiger charge is 2.34. The van der Waals surface area contributed by atoms with Gasteiger partial charge in [-0.2, -0.15) is 0 Å². The van der Waals surface area contributed by atoms with Crippen LogP contribution in [-0.2, 0) is 0 Å². The summed E-state index contributed by atoms with van der Waals surface area (Å²) in [7, 11) is 0. The normalized spacial score (nSPS) is 21.3. The van der Waals surface area contributed by atoms with Gasteiger partial charge in [-0.25, -0.2) is 0 Å². The lowest BCUT2D eigenvalue weighted by atomic mass is 9.66. The number of rotatable bonds is 5. The van der Waals surface area contributed by atoms with Crippen LogP contribution in [0, 0.1) is 5.41 Å². The van der Waals surface area contributed by atoms with Gasteiger partial charge in [-0.1, -0.05) is 26.7 Å². The van der Waals surface area contributed by atoms with E-state index in [-0.39, 0.29) is 0 Å². The third-order valence-corrected chi connectivity index (χ3v) is 2.94. The molecule has 1 rings (SSSR count). The van der Waals surface area contributed by atoms with E-state index in [4.69, 9.17) is 0 Å².